The van der Waals surface area contributed by atoms with Gasteiger partial charge >= 0.3 is 0 Å². The minimum Gasteiger partial charge on any atom is -0.370 e. The van der Waals surface area contributed by atoms with Crippen molar-refractivity contribution in [3.05, 3.63) is 23.3 Å². The van der Waals surface area contributed by atoms with Crippen LogP contribution < -0.4 is 5.32 Å². The van der Waals surface area contributed by atoms with Gasteiger partial charge in [-0.2, -0.15) is 0 Å². The molecule has 0 radical (unpaired) electrons. The van der Waals surface area contributed by atoms with Crippen molar-refractivity contribution in [3.8, 4) is 0 Å². The lowest BCUT2D eigenvalue weighted by Gasteiger charge is -2.29. The van der Waals surface area contributed by atoms with Crippen molar-refractivity contribution in [3.63, 3.8) is 0 Å². The van der Waals surface area contributed by atoms with Crippen molar-refractivity contribution < 1.29 is 4.74 Å². The van der Waals surface area contributed by atoms with Crippen molar-refractivity contribution in [1.29, 1.82) is 0 Å². The summed E-state index contributed by atoms with van der Waals surface area (Å²) >= 11 is 0. The molecule has 102 valence electrons. The average molecular weight is 251 g/mol. The molecule has 1 rings (SSSR count). The molecule has 1 N–H and O–H groups in total. The van der Waals surface area contributed by atoms with Crippen LogP contribution in [0.2, 0.25) is 0 Å². The number of hydrogen-bond acceptors (Lipinski definition) is 4. The van der Waals surface area contributed by atoms with Crippen LogP contribution in [-0.4, -0.2) is 24.1 Å². The Morgan fingerprint density at radius 3 is 2.39 bits per heavy atom. The summed E-state index contributed by atoms with van der Waals surface area (Å²) < 4.78 is 5.68. The molecule has 0 saturated carbocycles. The molecule has 0 atom stereocenters. The van der Waals surface area contributed by atoms with Crippen LogP contribution in [0.5, 0.6) is 0 Å². The van der Waals surface area contributed by atoms with Crippen molar-refractivity contribution in [2.45, 2.75) is 52.2 Å². The van der Waals surface area contributed by atoms with Gasteiger partial charge in [-0.3, -0.25) is 0 Å². The fourth-order valence-corrected chi connectivity index (χ4v) is 2.25. The first-order chi connectivity index (χ1) is 8.67. The van der Waals surface area contributed by atoms with Gasteiger partial charge in [0.05, 0.1) is 0 Å². The second kappa shape index (κ2) is 6.81. The van der Waals surface area contributed by atoms with Crippen LogP contribution in [0.4, 0.5) is 0 Å². The zero-order valence-corrected chi connectivity index (χ0v) is 12.2. The van der Waals surface area contributed by atoms with E-state index < -0.39 is 0 Å². The van der Waals surface area contributed by atoms with Gasteiger partial charge in [-0.1, -0.05) is 20.8 Å². The molecule has 18 heavy (non-hydrogen) atoms. The Hall–Kier alpha value is -1.00. The second-order valence-electron chi connectivity index (χ2n) is 4.45. The van der Waals surface area contributed by atoms with Crippen molar-refractivity contribution in [2.24, 2.45) is 0 Å². The highest BCUT2D eigenvalue weighted by Crippen LogP contribution is 2.30. The predicted octanol–water partition coefficient (Wildman–Crippen LogP) is 2.42. The molecule has 1 aromatic rings. The Morgan fingerprint density at radius 2 is 1.94 bits per heavy atom. The number of rotatable bonds is 7. The molecule has 0 bridgehead atoms. The summed E-state index contributed by atoms with van der Waals surface area (Å²) in [7, 11) is 3.67. The maximum Gasteiger partial charge on any atom is 0.160 e. The van der Waals surface area contributed by atoms with E-state index in [1.54, 1.807) is 7.11 Å². The molecule has 0 amide bonds. The molecule has 0 aliphatic rings. The molecule has 1 heterocycles. The largest absolute Gasteiger partial charge is 0.370 e. The SMILES string of the molecule is CCc1nc(C(CC)(CC)OC)ncc1CNC. The maximum atomic E-state index is 5.68. The van der Waals surface area contributed by atoms with Gasteiger partial charge in [0.25, 0.3) is 0 Å². The first kappa shape index (κ1) is 15.1. The van der Waals surface area contributed by atoms with E-state index >= 15 is 0 Å². The van der Waals surface area contributed by atoms with Crippen LogP contribution in [0.3, 0.4) is 0 Å². The summed E-state index contributed by atoms with van der Waals surface area (Å²) in [6, 6.07) is 0. The second-order valence-corrected chi connectivity index (χ2v) is 4.45. The molecule has 4 nitrogen and oxygen atoms in total. The smallest absolute Gasteiger partial charge is 0.160 e. The molecule has 0 aliphatic heterocycles. The molecule has 0 spiro atoms. The van der Waals surface area contributed by atoms with Gasteiger partial charge in [0.1, 0.15) is 5.60 Å². The minimum absolute atomic E-state index is 0.345. The van der Waals surface area contributed by atoms with E-state index in [-0.39, 0.29) is 5.60 Å². The Bertz CT molecular complexity index is 367. The van der Waals surface area contributed by atoms with Gasteiger partial charge < -0.3 is 10.1 Å². The lowest BCUT2D eigenvalue weighted by Crippen LogP contribution is -2.30. The fraction of sp³-hybridized carbons (Fsp3) is 0.714. The van der Waals surface area contributed by atoms with Gasteiger partial charge in [-0.25, -0.2) is 9.97 Å². The van der Waals surface area contributed by atoms with E-state index in [9.17, 15) is 0 Å². The van der Waals surface area contributed by atoms with Crippen molar-refractivity contribution in [2.75, 3.05) is 14.2 Å². The number of nitrogens with zero attached hydrogens (tertiary/aromatic N) is 2. The van der Waals surface area contributed by atoms with E-state index in [1.165, 1.54) is 5.56 Å². The van der Waals surface area contributed by atoms with Crippen molar-refractivity contribution in [1.82, 2.24) is 15.3 Å². The molecule has 0 aromatic carbocycles. The summed E-state index contributed by atoms with van der Waals surface area (Å²) in [6.45, 7) is 7.16. The lowest BCUT2D eigenvalue weighted by molar-refractivity contribution is -0.0293. The third-order valence-corrected chi connectivity index (χ3v) is 3.60. The first-order valence-corrected chi connectivity index (χ1v) is 6.72. The highest BCUT2D eigenvalue weighted by molar-refractivity contribution is 5.19. The maximum absolute atomic E-state index is 5.68. The molecule has 0 fully saturated rings. The quantitative estimate of drug-likeness (QED) is 0.808. The molecule has 0 aliphatic carbocycles. The van der Waals surface area contributed by atoms with Gasteiger partial charge in [0.15, 0.2) is 5.82 Å². The van der Waals surface area contributed by atoms with Gasteiger partial charge in [0, 0.05) is 31.1 Å². The van der Waals surface area contributed by atoms with E-state index in [2.05, 4.69) is 31.1 Å². The number of nitrogens with one attached hydrogen (secondary N) is 1. The molecule has 4 heteroatoms. The van der Waals surface area contributed by atoms with E-state index in [1.807, 2.05) is 13.2 Å². The highest BCUT2D eigenvalue weighted by atomic mass is 16.5. The number of hydrogen-bond donors (Lipinski definition) is 1. The topological polar surface area (TPSA) is 47.0 Å². The Kier molecular flexibility index (Phi) is 5.69. The summed E-state index contributed by atoms with van der Waals surface area (Å²) in [4.78, 5) is 9.23. The van der Waals surface area contributed by atoms with E-state index in [0.717, 1.165) is 37.3 Å². The first-order valence-electron chi connectivity index (χ1n) is 6.72. The third kappa shape index (κ3) is 2.87. The zero-order chi connectivity index (χ0) is 13.6. The van der Waals surface area contributed by atoms with Crippen molar-refractivity contribution >= 4 is 0 Å². The fourth-order valence-electron chi connectivity index (χ4n) is 2.25. The van der Waals surface area contributed by atoms with Gasteiger partial charge in [0.2, 0.25) is 0 Å². The molecular weight excluding hydrogens is 226 g/mol. The standard InChI is InChI=1S/C14H25N3O/c1-6-12-11(9-15-4)10-16-13(17-12)14(7-2,8-3)18-5/h10,15H,6-9H2,1-5H3. The number of aryl methyl sites for hydroxylation is 1. The average Bonchev–Trinajstić information content (AvgIpc) is 2.43. The Morgan fingerprint density at radius 1 is 1.28 bits per heavy atom. The van der Waals surface area contributed by atoms with Crippen LogP contribution in [0.25, 0.3) is 0 Å². The molecule has 1 aromatic heterocycles. The molecule has 0 saturated heterocycles. The molecule has 0 unspecified atom stereocenters. The highest BCUT2D eigenvalue weighted by Gasteiger charge is 2.31. The van der Waals surface area contributed by atoms with E-state index in [0.29, 0.717) is 0 Å². The van der Waals surface area contributed by atoms with Gasteiger partial charge in [-0.15, -0.1) is 0 Å². The number of methoxy groups -OCH3 is 1. The summed E-state index contributed by atoms with van der Waals surface area (Å²) in [5.74, 6) is 0.812. The Balaban J connectivity index is 3.18. The number of aromatic nitrogens is 2. The van der Waals surface area contributed by atoms with Gasteiger partial charge in [-0.05, 0) is 26.3 Å². The van der Waals surface area contributed by atoms with Crippen LogP contribution in [0.15, 0.2) is 6.20 Å². The predicted molar refractivity (Wildman–Crippen MR) is 73.4 cm³/mol. The van der Waals surface area contributed by atoms with Crippen LogP contribution in [0, 0.1) is 0 Å². The summed E-state index contributed by atoms with van der Waals surface area (Å²) in [6.07, 6.45) is 4.61. The summed E-state index contributed by atoms with van der Waals surface area (Å²) in [5.41, 5.74) is 1.93. The zero-order valence-electron chi connectivity index (χ0n) is 12.2. The monoisotopic (exact) mass is 251 g/mol. The van der Waals surface area contributed by atoms with E-state index in [4.69, 9.17) is 9.72 Å². The summed E-state index contributed by atoms with van der Waals surface area (Å²) in [5, 5.41) is 3.15. The third-order valence-electron chi connectivity index (χ3n) is 3.60. The van der Waals surface area contributed by atoms with Crippen LogP contribution >= 0.6 is 0 Å². The normalized spacial score (nSPS) is 11.8. The minimum atomic E-state index is -0.345. The lowest BCUT2D eigenvalue weighted by atomic mass is 9.95. The van der Waals surface area contributed by atoms with Crippen LogP contribution in [-0.2, 0) is 23.3 Å². The molecular formula is C14H25N3O. The number of ether oxygens (including phenoxy) is 1. The Labute approximate surface area is 110 Å². The van der Waals surface area contributed by atoms with Crippen LogP contribution in [0.1, 0.15) is 50.7 Å².